The highest BCUT2D eigenvalue weighted by atomic mass is 16.6. The third-order valence-corrected chi connectivity index (χ3v) is 4.18. The second-order valence-electron chi connectivity index (χ2n) is 5.56. The first kappa shape index (κ1) is 13.8. The van der Waals surface area contributed by atoms with Crippen molar-refractivity contribution in [2.75, 3.05) is 0 Å². The predicted octanol–water partition coefficient (Wildman–Crippen LogP) is 2.74. The van der Waals surface area contributed by atoms with Crippen molar-refractivity contribution in [2.24, 2.45) is 0 Å². The SMILES string of the molecule is O=[N+]([O-])c1cccc(C[NH2+][C@@H]2CCCc3ccccc32)c1. The fraction of sp³-hybridized carbons (Fsp3) is 0.294. The molecule has 108 valence electrons. The van der Waals surface area contributed by atoms with Crippen molar-refractivity contribution in [1.29, 1.82) is 0 Å². The molecule has 2 aromatic rings. The number of nitro groups is 1. The van der Waals surface area contributed by atoms with Crippen molar-refractivity contribution in [1.82, 2.24) is 0 Å². The maximum absolute atomic E-state index is 10.8. The van der Waals surface area contributed by atoms with E-state index in [4.69, 9.17) is 0 Å². The first-order chi connectivity index (χ1) is 10.2. The average Bonchev–Trinajstić information content (AvgIpc) is 2.53. The Kier molecular flexibility index (Phi) is 3.97. The van der Waals surface area contributed by atoms with Crippen LogP contribution in [0.25, 0.3) is 0 Å². The molecule has 21 heavy (non-hydrogen) atoms. The molecule has 1 aliphatic carbocycles. The van der Waals surface area contributed by atoms with Gasteiger partial charge in [0.05, 0.1) is 4.92 Å². The molecular formula is C17H19N2O2+. The van der Waals surface area contributed by atoms with Gasteiger partial charge in [-0.25, -0.2) is 0 Å². The Labute approximate surface area is 124 Å². The summed E-state index contributed by atoms with van der Waals surface area (Å²) < 4.78 is 0. The Balaban J connectivity index is 1.71. The molecule has 0 unspecified atom stereocenters. The third kappa shape index (κ3) is 3.11. The normalized spacial score (nSPS) is 17.2. The molecule has 0 saturated heterocycles. The third-order valence-electron chi connectivity index (χ3n) is 4.18. The molecule has 4 heteroatoms. The summed E-state index contributed by atoms with van der Waals surface area (Å²) in [4.78, 5) is 10.5. The van der Waals surface area contributed by atoms with Crippen molar-refractivity contribution in [2.45, 2.75) is 31.8 Å². The summed E-state index contributed by atoms with van der Waals surface area (Å²) in [5.74, 6) is 0. The van der Waals surface area contributed by atoms with E-state index in [0.29, 0.717) is 6.04 Å². The molecule has 3 rings (SSSR count). The number of nitrogens with two attached hydrogens (primary N) is 1. The Morgan fingerprint density at radius 2 is 2.05 bits per heavy atom. The lowest BCUT2D eigenvalue weighted by molar-refractivity contribution is -0.712. The second-order valence-corrected chi connectivity index (χ2v) is 5.56. The van der Waals surface area contributed by atoms with Crippen molar-refractivity contribution < 1.29 is 10.2 Å². The highest BCUT2D eigenvalue weighted by Gasteiger charge is 2.22. The van der Waals surface area contributed by atoms with Gasteiger partial charge in [0.15, 0.2) is 0 Å². The number of aryl methyl sites for hydroxylation is 1. The number of rotatable bonds is 4. The van der Waals surface area contributed by atoms with E-state index in [1.807, 2.05) is 6.07 Å². The summed E-state index contributed by atoms with van der Waals surface area (Å²) in [6, 6.07) is 16.0. The topological polar surface area (TPSA) is 59.8 Å². The zero-order valence-electron chi connectivity index (χ0n) is 11.9. The van der Waals surface area contributed by atoms with Gasteiger partial charge in [-0.3, -0.25) is 10.1 Å². The Hall–Kier alpha value is -2.20. The van der Waals surface area contributed by atoms with Crippen molar-refractivity contribution in [3.63, 3.8) is 0 Å². The molecule has 0 fully saturated rings. The van der Waals surface area contributed by atoms with E-state index in [1.165, 1.54) is 24.0 Å². The van der Waals surface area contributed by atoms with Crippen LogP contribution >= 0.6 is 0 Å². The second kappa shape index (κ2) is 6.06. The maximum atomic E-state index is 10.8. The van der Waals surface area contributed by atoms with E-state index >= 15 is 0 Å². The first-order valence-electron chi connectivity index (χ1n) is 7.38. The molecule has 0 heterocycles. The standard InChI is InChI=1S/C17H18N2O2/c20-19(21)15-8-3-5-13(11-15)12-18-17-10-4-7-14-6-1-2-9-16(14)17/h1-3,5-6,8-9,11,17-18H,4,7,10,12H2/p+1/t17-/m1/s1. The molecule has 0 bridgehead atoms. The first-order valence-corrected chi connectivity index (χ1v) is 7.38. The van der Waals surface area contributed by atoms with Crippen molar-refractivity contribution in [3.05, 3.63) is 75.3 Å². The van der Waals surface area contributed by atoms with Gasteiger partial charge in [0.2, 0.25) is 0 Å². The zero-order valence-corrected chi connectivity index (χ0v) is 11.9. The highest BCUT2D eigenvalue weighted by molar-refractivity contribution is 5.34. The number of hydrogen-bond acceptors (Lipinski definition) is 2. The maximum Gasteiger partial charge on any atom is 0.269 e. The summed E-state index contributed by atoms with van der Waals surface area (Å²) in [6.07, 6.45) is 3.55. The van der Waals surface area contributed by atoms with Crippen molar-refractivity contribution >= 4 is 5.69 Å². The average molecular weight is 283 g/mol. The summed E-state index contributed by atoms with van der Waals surface area (Å²) >= 11 is 0. The van der Waals surface area contributed by atoms with Crippen LogP contribution in [0.3, 0.4) is 0 Å². The molecule has 0 saturated carbocycles. The van der Waals surface area contributed by atoms with E-state index in [-0.39, 0.29) is 10.6 Å². The van der Waals surface area contributed by atoms with E-state index in [9.17, 15) is 10.1 Å². The van der Waals surface area contributed by atoms with Crippen LogP contribution in [0.5, 0.6) is 0 Å². The smallest absolute Gasteiger partial charge is 0.269 e. The molecule has 2 aromatic carbocycles. The number of benzene rings is 2. The minimum Gasteiger partial charge on any atom is -0.336 e. The van der Waals surface area contributed by atoms with Crippen LogP contribution < -0.4 is 5.32 Å². The molecule has 0 aromatic heterocycles. The lowest BCUT2D eigenvalue weighted by Gasteiger charge is -2.23. The van der Waals surface area contributed by atoms with E-state index in [1.54, 1.807) is 18.2 Å². The van der Waals surface area contributed by atoms with Gasteiger partial charge in [0.1, 0.15) is 12.6 Å². The van der Waals surface area contributed by atoms with E-state index in [2.05, 4.69) is 29.6 Å². The number of nitrogens with zero attached hydrogens (tertiary/aromatic N) is 1. The Morgan fingerprint density at radius 1 is 1.19 bits per heavy atom. The van der Waals surface area contributed by atoms with Crippen LogP contribution in [-0.4, -0.2) is 4.92 Å². The molecule has 4 nitrogen and oxygen atoms in total. The fourth-order valence-electron chi connectivity index (χ4n) is 3.11. The summed E-state index contributed by atoms with van der Waals surface area (Å²) in [5, 5.41) is 13.1. The monoisotopic (exact) mass is 283 g/mol. The molecule has 0 aliphatic heterocycles. The van der Waals surface area contributed by atoms with Gasteiger partial charge < -0.3 is 5.32 Å². The van der Waals surface area contributed by atoms with Crippen LogP contribution in [0.2, 0.25) is 0 Å². The summed E-state index contributed by atoms with van der Waals surface area (Å²) in [6.45, 7) is 0.778. The number of hydrogen-bond donors (Lipinski definition) is 1. The number of nitro benzene ring substituents is 1. The van der Waals surface area contributed by atoms with Gasteiger partial charge in [0.25, 0.3) is 5.69 Å². The summed E-state index contributed by atoms with van der Waals surface area (Å²) in [7, 11) is 0. The Bertz CT molecular complexity index is 655. The minimum atomic E-state index is -0.334. The number of fused-ring (bicyclic) bond motifs is 1. The van der Waals surface area contributed by atoms with Crippen molar-refractivity contribution in [3.8, 4) is 0 Å². The molecule has 2 N–H and O–H groups in total. The van der Waals surface area contributed by atoms with Gasteiger partial charge >= 0.3 is 0 Å². The van der Waals surface area contributed by atoms with Gasteiger partial charge in [-0.1, -0.05) is 36.4 Å². The van der Waals surface area contributed by atoms with Crippen LogP contribution in [0.15, 0.2) is 48.5 Å². The highest BCUT2D eigenvalue weighted by Crippen LogP contribution is 2.26. The molecule has 0 spiro atoms. The van der Waals surface area contributed by atoms with Gasteiger partial charge in [-0.15, -0.1) is 0 Å². The lowest BCUT2D eigenvalue weighted by Crippen LogP contribution is -2.84. The van der Waals surface area contributed by atoms with Crippen LogP contribution in [-0.2, 0) is 13.0 Å². The molecular weight excluding hydrogens is 264 g/mol. The zero-order chi connectivity index (χ0) is 14.7. The van der Waals surface area contributed by atoms with Crippen LogP contribution in [0.1, 0.15) is 35.6 Å². The largest absolute Gasteiger partial charge is 0.336 e. The summed E-state index contributed by atoms with van der Waals surface area (Å²) in [5.41, 5.74) is 4.05. The number of non-ortho nitro benzene ring substituents is 1. The Morgan fingerprint density at radius 3 is 2.90 bits per heavy atom. The molecule has 0 radical (unpaired) electrons. The van der Waals surface area contributed by atoms with Gasteiger partial charge in [0, 0.05) is 29.7 Å². The van der Waals surface area contributed by atoms with Gasteiger partial charge in [-0.2, -0.15) is 0 Å². The molecule has 1 aliphatic rings. The number of quaternary nitrogens is 1. The van der Waals surface area contributed by atoms with E-state index in [0.717, 1.165) is 18.5 Å². The fourth-order valence-corrected chi connectivity index (χ4v) is 3.11. The van der Waals surface area contributed by atoms with Crippen LogP contribution in [0.4, 0.5) is 5.69 Å². The van der Waals surface area contributed by atoms with E-state index < -0.39 is 0 Å². The van der Waals surface area contributed by atoms with Gasteiger partial charge in [-0.05, 0) is 18.4 Å². The molecule has 1 atom stereocenters. The lowest BCUT2D eigenvalue weighted by atomic mass is 9.87. The van der Waals surface area contributed by atoms with Crippen LogP contribution in [0, 0.1) is 10.1 Å². The predicted molar refractivity (Wildman–Crippen MR) is 80.8 cm³/mol. The quantitative estimate of drug-likeness (QED) is 0.693. The minimum absolute atomic E-state index is 0.171. The molecule has 0 amide bonds.